The first kappa shape index (κ1) is 23.1. The van der Waals surface area contributed by atoms with E-state index in [2.05, 4.69) is 5.10 Å². The van der Waals surface area contributed by atoms with Crippen LogP contribution in [0.15, 0.2) is 53.4 Å². The molecule has 0 aliphatic carbocycles. The number of hydrogen-bond donors (Lipinski definition) is 0. The Morgan fingerprint density at radius 2 is 1.82 bits per heavy atom. The molecule has 0 spiro atoms. The van der Waals surface area contributed by atoms with Crippen LogP contribution >= 0.6 is 11.6 Å². The molecule has 2 heterocycles. The molecule has 0 saturated carbocycles. The van der Waals surface area contributed by atoms with Crippen molar-refractivity contribution in [1.29, 1.82) is 0 Å². The van der Waals surface area contributed by atoms with Gasteiger partial charge in [0.15, 0.2) is 9.84 Å². The van der Waals surface area contributed by atoms with Gasteiger partial charge in [0, 0.05) is 30.7 Å². The van der Waals surface area contributed by atoms with Gasteiger partial charge in [0.2, 0.25) is 0 Å². The van der Waals surface area contributed by atoms with Crippen molar-refractivity contribution in [1.82, 2.24) is 14.7 Å². The van der Waals surface area contributed by atoms with Crippen LogP contribution in [0, 0.1) is 0 Å². The van der Waals surface area contributed by atoms with Crippen LogP contribution in [0.25, 0.3) is 11.3 Å². The average Bonchev–Trinajstić information content (AvgIpc) is 3.46. The lowest BCUT2D eigenvalue weighted by Crippen LogP contribution is -2.33. The molecule has 2 aromatic carbocycles. The molecule has 3 aromatic rings. The molecule has 1 aliphatic heterocycles. The van der Waals surface area contributed by atoms with Crippen LogP contribution in [-0.4, -0.2) is 61.6 Å². The zero-order chi connectivity index (χ0) is 23.8. The number of halogens is 1. The number of nitrogens with zero attached hydrogens (tertiary/aromatic N) is 3. The van der Waals surface area contributed by atoms with Crippen molar-refractivity contribution in [2.45, 2.75) is 16.6 Å². The number of methoxy groups -OCH3 is 2. The van der Waals surface area contributed by atoms with Gasteiger partial charge in [0.05, 0.1) is 30.1 Å². The molecule has 10 heteroatoms. The quantitative estimate of drug-likeness (QED) is 0.526. The Hall–Kier alpha value is -3.04. The van der Waals surface area contributed by atoms with Gasteiger partial charge in [0.25, 0.3) is 5.91 Å². The number of aromatic nitrogens is 2. The second-order valence-corrected chi connectivity index (χ2v) is 10.4. The molecule has 1 unspecified atom stereocenters. The monoisotopic (exact) mass is 489 g/mol. The predicted molar refractivity (Wildman–Crippen MR) is 125 cm³/mol. The number of amides is 1. The van der Waals surface area contributed by atoms with Crippen LogP contribution in [-0.2, 0) is 16.9 Å². The first-order valence-electron chi connectivity index (χ1n) is 10.3. The second kappa shape index (κ2) is 9.07. The van der Waals surface area contributed by atoms with E-state index in [4.69, 9.17) is 21.1 Å². The third-order valence-corrected chi connectivity index (χ3v) is 8.24. The highest BCUT2D eigenvalue weighted by Gasteiger charge is 2.37. The Balaban J connectivity index is 1.57. The van der Waals surface area contributed by atoms with Crippen molar-refractivity contribution in [3.8, 4) is 22.8 Å². The van der Waals surface area contributed by atoms with Crippen LogP contribution in [0.2, 0.25) is 5.02 Å². The molecule has 1 saturated heterocycles. The van der Waals surface area contributed by atoms with Gasteiger partial charge in [-0.2, -0.15) is 5.10 Å². The highest BCUT2D eigenvalue weighted by molar-refractivity contribution is 7.92. The minimum atomic E-state index is -3.57. The van der Waals surface area contributed by atoms with Gasteiger partial charge in [-0.1, -0.05) is 11.6 Å². The lowest BCUT2D eigenvalue weighted by atomic mass is 10.1. The van der Waals surface area contributed by atoms with Crippen molar-refractivity contribution in [2.24, 2.45) is 7.05 Å². The summed E-state index contributed by atoms with van der Waals surface area (Å²) in [7, 11) is 1.24. The normalized spacial score (nSPS) is 16.1. The van der Waals surface area contributed by atoms with Gasteiger partial charge in [-0.15, -0.1) is 0 Å². The van der Waals surface area contributed by atoms with Gasteiger partial charge in [0.1, 0.15) is 17.2 Å². The Morgan fingerprint density at radius 1 is 1.09 bits per heavy atom. The average molecular weight is 490 g/mol. The molecule has 4 rings (SSSR count). The van der Waals surface area contributed by atoms with E-state index in [1.807, 2.05) is 0 Å². The second-order valence-electron chi connectivity index (χ2n) is 7.77. The molecule has 0 N–H and O–H groups in total. The van der Waals surface area contributed by atoms with Crippen molar-refractivity contribution in [3.05, 3.63) is 59.2 Å². The summed E-state index contributed by atoms with van der Waals surface area (Å²) in [6, 6.07) is 13.1. The number of aryl methyl sites for hydroxylation is 1. The standard InChI is InChI=1S/C23H24ClN3O5S/c1-26-21(13-20(25-26)19-12-16(31-2)6-9-22(19)32-3)23(28)27-11-10-18(14-27)33(29,30)17-7-4-15(24)5-8-17/h4-9,12-13,18H,10-11,14H2,1-3H3. The number of sulfone groups is 1. The van der Waals surface area contributed by atoms with Crippen LogP contribution in [0.5, 0.6) is 11.5 Å². The number of likely N-dealkylation sites (tertiary alicyclic amines) is 1. The lowest BCUT2D eigenvalue weighted by Gasteiger charge is -2.16. The van der Waals surface area contributed by atoms with Crippen molar-refractivity contribution >= 4 is 27.3 Å². The fraction of sp³-hybridized carbons (Fsp3) is 0.304. The predicted octanol–water partition coefficient (Wildman–Crippen LogP) is 3.45. The maximum absolute atomic E-state index is 13.2. The largest absolute Gasteiger partial charge is 0.497 e. The SMILES string of the molecule is COc1ccc(OC)c(-c2cc(C(=O)N3CCC(S(=O)(=O)c4ccc(Cl)cc4)C3)n(C)n2)c1. The third kappa shape index (κ3) is 4.43. The van der Waals surface area contributed by atoms with E-state index in [1.165, 1.54) is 16.8 Å². The highest BCUT2D eigenvalue weighted by Crippen LogP contribution is 2.33. The zero-order valence-corrected chi connectivity index (χ0v) is 20.1. The van der Waals surface area contributed by atoms with E-state index in [0.29, 0.717) is 46.4 Å². The fourth-order valence-electron chi connectivity index (χ4n) is 3.96. The van der Waals surface area contributed by atoms with E-state index >= 15 is 0 Å². The number of hydrogen-bond acceptors (Lipinski definition) is 6. The minimum absolute atomic E-state index is 0.118. The molecule has 1 amide bonds. The van der Waals surface area contributed by atoms with E-state index in [9.17, 15) is 13.2 Å². The molecular formula is C23H24ClN3O5S. The van der Waals surface area contributed by atoms with Gasteiger partial charge >= 0.3 is 0 Å². The summed E-state index contributed by atoms with van der Waals surface area (Å²) in [6.45, 7) is 0.464. The molecule has 174 valence electrons. The molecule has 0 bridgehead atoms. The number of rotatable bonds is 6. The van der Waals surface area contributed by atoms with Crippen molar-refractivity contribution in [3.63, 3.8) is 0 Å². The Kier molecular flexibility index (Phi) is 6.36. The van der Waals surface area contributed by atoms with Crippen LogP contribution in [0.1, 0.15) is 16.9 Å². The summed E-state index contributed by atoms with van der Waals surface area (Å²) in [6.07, 6.45) is 0.366. The Bertz CT molecular complexity index is 1290. The van der Waals surface area contributed by atoms with E-state index in [-0.39, 0.29) is 17.3 Å². The highest BCUT2D eigenvalue weighted by atomic mass is 35.5. The summed E-state index contributed by atoms with van der Waals surface area (Å²) in [5, 5.41) is 4.28. The van der Waals surface area contributed by atoms with E-state index in [1.54, 1.807) is 62.6 Å². The first-order valence-corrected chi connectivity index (χ1v) is 12.2. The summed E-state index contributed by atoms with van der Waals surface area (Å²) in [4.78, 5) is 15.0. The van der Waals surface area contributed by atoms with Crippen LogP contribution in [0.3, 0.4) is 0 Å². The summed E-state index contributed by atoms with van der Waals surface area (Å²) in [5.74, 6) is 0.967. The molecular weight excluding hydrogens is 466 g/mol. The molecule has 8 nitrogen and oxygen atoms in total. The van der Waals surface area contributed by atoms with Gasteiger partial charge in [-0.3, -0.25) is 9.48 Å². The maximum atomic E-state index is 13.2. The van der Waals surface area contributed by atoms with E-state index < -0.39 is 15.1 Å². The Labute approximate surface area is 197 Å². The molecule has 1 fully saturated rings. The molecule has 1 atom stereocenters. The van der Waals surface area contributed by atoms with Crippen molar-refractivity contribution < 1.29 is 22.7 Å². The number of ether oxygens (including phenoxy) is 2. The topological polar surface area (TPSA) is 90.7 Å². The van der Waals surface area contributed by atoms with Crippen LogP contribution in [0.4, 0.5) is 0 Å². The molecule has 1 aromatic heterocycles. The number of carbonyl (C=O) groups is 1. The van der Waals surface area contributed by atoms with Gasteiger partial charge in [-0.25, -0.2) is 8.42 Å². The smallest absolute Gasteiger partial charge is 0.272 e. The fourth-order valence-corrected chi connectivity index (χ4v) is 5.78. The lowest BCUT2D eigenvalue weighted by molar-refractivity contribution is 0.0782. The Morgan fingerprint density at radius 3 is 2.48 bits per heavy atom. The summed E-state index contributed by atoms with van der Waals surface area (Å²) in [5.41, 5.74) is 1.61. The summed E-state index contributed by atoms with van der Waals surface area (Å²) < 4.78 is 38.3. The summed E-state index contributed by atoms with van der Waals surface area (Å²) >= 11 is 5.88. The van der Waals surface area contributed by atoms with Gasteiger partial charge in [-0.05, 0) is 55.0 Å². The zero-order valence-electron chi connectivity index (χ0n) is 18.5. The maximum Gasteiger partial charge on any atom is 0.272 e. The van der Waals surface area contributed by atoms with Crippen molar-refractivity contribution in [2.75, 3.05) is 27.3 Å². The van der Waals surface area contributed by atoms with E-state index in [0.717, 1.165) is 0 Å². The van der Waals surface area contributed by atoms with Crippen LogP contribution < -0.4 is 9.47 Å². The first-order chi connectivity index (χ1) is 15.7. The van der Waals surface area contributed by atoms with Gasteiger partial charge < -0.3 is 14.4 Å². The molecule has 0 radical (unpaired) electrons. The third-order valence-electron chi connectivity index (χ3n) is 5.79. The molecule has 1 aliphatic rings. The number of benzene rings is 2. The number of carbonyl (C=O) groups excluding carboxylic acids is 1. The molecule has 33 heavy (non-hydrogen) atoms. The minimum Gasteiger partial charge on any atom is -0.497 e.